The molecule has 1 aromatic heterocycles. The molecule has 0 aliphatic heterocycles. The lowest BCUT2D eigenvalue weighted by molar-refractivity contribution is 0.102. The van der Waals surface area contributed by atoms with Crippen molar-refractivity contribution >= 4 is 39.7 Å². The fourth-order valence-electron chi connectivity index (χ4n) is 3.40. The van der Waals surface area contributed by atoms with Gasteiger partial charge in [-0.25, -0.2) is 0 Å². The SMILES string of the molecule is CCCc1oc(C)c(CC)c(=S)c1C(=O)Nc1c(CC)cc(Br)cc1CC. The zero-order valence-corrected chi connectivity index (χ0v) is 19.2. The van der Waals surface area contributed by atoms with Crippen LogP contribution in [-0.2, 0) is 25.7 Å². The highest BCUT2D eigenvalue weighted by atomic mass is 79.9. The molecule has 2 rings (SSSR count). The van der Waals surface area contributed by atoms with Gasteiger partial charge in [0, 0.05) is 22.1 Å². The van der Waals surface area contributed by atoms with Gasteiger partial charge < -0.3 is 9.73 Å². The molecular formula is C22H28BrNO2S. The van der Waals surface area contributed by atoms with Crippen molar-refractivity contribution in [3.8, 4) is 0 Å². The summed E-state index contributed by atoms with van der Waals surface area (Å²) in [7, 11) is 0. The van der Waals surface area contributed by atoms with Crippen molar-refractivity contribution in [2.75, 3.05) is 5.32 Å². The third-order valence-electron chi connectivity index (χ3n) is 4.81. The fraction of sp³-hybridized carbons (Fsp3) is 0.455. The first kappa shape index (κ1) is 21.8. The summed E-state index contributed by atoms with van der Waals surface area (Å²) < 4.78 is 7.66. The van der Waals surface area contributed by atoms with Crippen molar-refractivity contribution in [1.29, 1.82) is 0 Å². The van der Waals surface area contributed by atoms with E-state index in [1.807, 2.05) is 13.8 Å². The van der Waals surface area contributed by atoms with Crippen LogP contribution in [0.2, 0.25) is 0 Å². The van der Waals surface area contributed by atoms with Crippen molar-refractivity contribution in [2.24, 2.45) is 0 Å². The van der Waals surface area contributed by atoms with Crippen LogP contribution < -0.4 is 5.32 Å². The van der Waals surface area contributed by atoms with Crippen LogP contribution in [0.15, 0.2) is 21.0 Å². The Morgan fingerprint density at radius 2 is 1.70 bits per heavy atom. The maximum Gasteiger partial charge on any atom is 0.260 e. The predicted octanol–water partition coefficient (Wildman–Crippen LogP) is 6.97. The molecule has 0 aliphatic carbocycles. The minimum atomic E-state index is -0.173. The van der Waals surface area contributed by atoms with Crippen LogP contribution >= 0.6 is 28.1 Å². The molecule has 0 fully saturated rings. The molecular weight excluding hydrogens is 422 g/mol. The average Bonchev–Trinajstić information content (AvgIpc) is 2.63. The molecule has 1 aromatic carbocycles. The average molecular weight is 450 g/mol. The van der Waals surface area contributed by atoms with Crippen LogP contribution in [0.1, 0.15) is 72.7 Å². The number of nitrogens with one attached hydrogen (secondary N) is 1. The third kappa shape index (κ3) is 4.69. The molecule has 1 heterocycles. The van der Waals surface area contributed by atoms with Gasteiger partial charge in [0.2, 0.25) is 0 Å². The summed E-state index contributed by atoms with van der Waals surface area (Å²) in [4.78, 5) is 13.3. The van der Waals surface area contributed by atoms with Gasteiger partial charge >= 0.3 is 0 Å². The molecule has 0 aliphatic rings. The van der Waals surface area contributed by atoms with Gasteiger partial charge in [-0.3, -0.25) is 4.79 Å². The molecule has 0 unspecified atom stereocenters. The van der Waals surface area contributed by atoms with Gasteiger partial charge in [0.1, 0.15) is 11.5 Å². The summed E-state index contributed by atoms with van der Waals surface area (Å²) >= 11 is 9.25. The fourth-order valence-corrected chi connectivity index (χ4v) is 4.44. The number of hydrogen-bond donors (Lipinski definition) is 1. The quantitative estimate of drug-likeness (QED) is 0.463. The van der Waals surface area contributed by atoms with E-state index >= 15 is 0 Å². The Morgan fingerprint density at radius 3 is 2.19 bits per heavy atom. The van der Waals surface area contributed by atoms with Crippen LogP contribution in [0.25, 0.3) is 0 Å². The molecule has 146 valence electrons. The number of hydrogen-bond acceptors (Lipinski definition) is 3. The number of carbonyl (C=O) groups excluding carboxylic acids is 1. The normalized spacial score (nSPS) is 10.9. The van der Waals surface area contributed by atoms with E-state index in [9.17, 15) is 4.79 Å². The maximum atomic E-state index is 13.3. The number of anilines is 1. The lowest BCUT2D eigenvalue weighted by Gasteiger charge is -2.17. The minimum Gasteiger partial charge on any atom is -0.465 e. The molecule has 0 radical (unpaired) electrons. The molecule has 0 bridgehead atoms. The highest BCUT2D eigenvalue weighted by Crippen LogP contribution is 2.29. The van der Waals surface area contributed by atoms with E-state index in [-0.39, 0.29) is 5.91 Å². The van der Waals surface area contributed by atoms with E-state index in [4.69, 9.17) is 16.6 Å². The van der Waals surface area contributed by atoms with Gasteiger partial charge in [0.15, 0.2) is 0 Å². The predicted molar refractivity (Wildman–Crippen MR) is 119 cm³/mol. The number of benzene rings is 1. The smallest absolute Gasteiger partial charge is 0.260 e. The molecule has 0 saturated carbocycles. The maximum absolute atomic E-state index is 13.3. The van der Waals surface area contributed by atoms with Crippen molar-refractivity contribution in [3.05, 3.63) is 54.9 Å². The van der Waals surface area contributed by atoms with Gasteiger partial charge in [0.25, 0.3) is 5.91 Å². The van der Waals surface area contributed by atoms with Crippen molar-refractivity contribution in [1.82, 2.24) is 0 Å². The molecule has 27 heavy (non-hydrogen) atoms. The lowest BCUT2D eigenvalue weighted by Crippen LogP contribution is -2.18. The monoisotopic (exact) mass is 449 g/mol. The highest BCUT2D eigenvalue weighted by molar-refractivity contribution is 9.10. The van der Waals surface area contributed by atoms with Crippen LogP contribution in [0.4, 0.5) is 5.69 Å². The largest absolute Gasteiger partial charge is 0.465 e. The van der Waals surface area contributed by atoms with Crippen molar-refractivity contribution < 1.29 is 9.21 Å². The van der Waals surface area contributed by atoms with Gasteiger partial charge in [-0.1, -0.05) is 55.8 Å². The van der Waals surface area contributed by atoms with Crippen LogP contribution in [0.3, 0.4) is 0 Å². The summed E-state index contributed by atoms with van der Waals surface area (Å²) in [5.74, 6) is 1.33. The van der Waals surface area contributed by atoms with Crippen molar-refractivity contribution in [3.63, 3.8) is 0 Å². The van der Waals surface area contributed by atoms with E-state index in [1.54, 1.807) is 0 Å². The zero-order valence-electron chi connectivity index (χ0n) is 16.8. The van der Waals surface area contributed by atoms with E-state index in [0.717, 1.165) is 58.3 Å². The second-order valence-electron chi connectivity index (χ2n) is 6.63. The minimum absolute atomic E-state index is 0.173. The number of amides is 1. The molecule has 2 aromatic rings. The van der Waals surface area contributed by atoms with E-state index < -0.39 is 0 Å². The molecule has 1 amide bonds. The number of aryl methyl sites for hydroxylation is 4. The Balaban J connectivity index is 2.58. The third-order valence-corrected chi connectivity index (χ3v) is 5.71. The van der Waals surface area contributed by atoms with Crippen LogP contribution in [-0.4, -0.2) is 5.91 Å². The van der Waals surface area contributed by atoms with E-state index in [2.05, 4.69) is 54.2 Å². The van der Waals surface area contributed by atoms with Gasteiger partial charge in [-0.05, 0) is 55.9 Å². The summed E-state index contributed by atoms with van der Waals surface area (Å²) in [5.41, 5.74) is 4.57. The second-order valence-corrected chi connectivity index (χ2v) is 7.95. The first-order valence-electron chi connectivity index (χ1n) is 9.65. The molecule has 3 nitrogen and oxygen atoms in total. The Kier molecular flexibility index (Phi) is 7.80. The molecule has 0 spiro atoms. The Morgan fingerprint density at radius 1 is 1.11 bits per heavy atom. The number of halogens is 1. The Labute approximate surface area is 175 Å². The van der Waals surface area contributed by atoms with Gasteiger partial charge in [-0.15, -0.1) is 0 Å². The first-order chi connectivity index (χ1) is 12.9. The second kappa shape index (κ2) is 9.65. The lowest BCUT2D eigenvalue weighted by atomic mass is 10.0. The number of carbonyl (C=O) groups is 1. The van der Waals surface area contributed by atoms with Gasteiger partial charge in [-0.2, -0.15) is 0 Å². The molecule has 0 atom stereocenters. The van der Waals surface area contributed by atoms with Crippen LogP contribution in [0, 0.1) is 11.4 Å². The number of rotatable bonds is 7. The first-order valence-corrected chi connectivity index (χ1v) is 10.9. The summed E-state index contributed by atoms with van der Waals surface area (Å²) in [6, 6.07) is 4.13. The van der Waals surface area contributed by atoms with Gasteiger partial charge in [0.05, 0.1) is 10.1 Å². The molecule has 1 N–H and O–H groups in total. The summed E-state index contributed by atoms with van der Waals surface area (Å²) in [6.07, 6.45) is 4.01. The molecule has 0 saturated heterocycles. The Bertz CT molecular complexity index is 877. The summed E-state index contributed by atoms with van der Waals surface area (Å²) in [6.45, 7) is 10.2. The van der Waals surface area contributed by atoms with E-state index in [1.165, 1.54) is 0 Å². The molecule has 5 heteroatoms. The van der Waals surface area contributed by atoms with Crippen molar-refractivity contribution in [2.45, 2.75) is 66.7 Å². The summed E-state index contributed by atoms with van der Waals surface area (Å²) in [5, 5.41) is 3.15. The highest BCUT2D eigenvalue weighted by Gasteiger charge is 2.21. The van der Waals surface area contributed by atoms with Crippen LogP contribution in [0.5, 0.6) is 0 Å². The standard InChI is InChI=1S/C22H28BrNO2S/c1-6-10-18-19(21(27)17(9-4)13(5)26-18)22(25)24-20-14(7-2)11-16(23)12-15(20)8-3/h11-12H,6-10H2,1-5H3,(H,24,25). The zero-order chi connectivity index (χ0) is 20.1. The Hall–Kier alpha value is -1.46. The van der Waals surface area contributed by atoms with E-state index in [0.29, 0.717) is 22.3 Å². The topological polar surface area (TPSA) is 42.2 Å².